The summed E-state index contributed by atoms with van der Waals surface area (Å²) in [7, 11) is -13.3. The fourth-order valence-corrected chi connectivity index (χ4v) is 8.72. The number of hydrogen-bond donors (Lipinski definition) is 0. The molecule has 2 aliphatic rings. The molecule has 0 bridgehead atoms. The number of ether oxygens (including phenoxy) is 1. The first-order chi connectivity index (χ1) is 8.30. The molecular weight excluding hydrogens is 312 g/mol. The lowest BCUT2D eigenvalue weighted by Crippen LogP contribution is -2.20. The third kappa shape index (κ3) is 3.48. The van der Waals surface area contributed by atoms with E-state index in [1.165, 1.54) is 0 Å². The minimum atomic E-state index is -5.20. The highest BCUT2D eigenvalue weighted by Gasteiger charge is 2.45. The number of halogens is 5. The Morgan fingerprint density at radius 1 is 1.11 bits per heavy atom. The number of rotatable bonds is 2. The molecule has 9 heteroatoms. The van der Waals surface area contributed by atoms with Crippen molar-refractivity contribution in [2.24, 2.45) is 0 Å². The van der Waals surface area contributed by atoms with Gasteiger partial charge in [-0.05, 0) is 12.8 Å². The van der Waals surface area contributed by atoms with Gasteiger partial charge in [0, 0.05) is 4.20 Å². The van der Waals surface area contributed by atoms with Gasteiger partial charge in [0.05, 0.1) is 11.6 Å². The standard InChI is InChI=1S/C9H13F5OP3/c10-16-6-17(11,12)7-18(13,14)9(16)15-8-4-2-1-3-5-8/h6-8H,1-5H2/q+1. The molecule has 1 fully saturated rings. The van der Waals surface area contributed by atoms with Gasteiger partial charge in [-0.2, -0.15) is 16.8 Å². The zero-order valence-corrected chi connectivity index (χ0v) is 12.1. The van der Waals surface area contributed by atoms with Crippen molar-refractivity contribution >= 4 is 39.2 Å². The first-order valence-corrected chi connectivity index (χ1v) is 10.2. The predicted molar refractivity (Wildman–Crippen MR) is 71.4 cm³/mol. The molecule has 18 heavy (non-hydrogen) atoms. The molecular formula is C9H13F5OP3+. The van der Waals surface area contributed by atoms with E-state index >= 15 is 0 Å². The van der Waals surface area contributed by atoms with Gasteiger partial charge in [-0.25, -0.2) is 0 Å². The lowest BCUT2D eigenvalue weighted by Gasteiger charge is -2.21. The molecule has 0 amide bonds. The maximum absolute atomic E-state index is 13.6. The second kappa shape index (κ2) is 5.40. The Morgan fingerprint density at radius 2 is 1.72 bits per heavy atom. The van der Waals surface area contributed by atoms with Crippen LogP contribution in [0.2, 0.25) is 0 Å². The van der Waals surface area contributed by atoms with Crippen LogP contribution in [-0.4, -0.2) is 22.4 Å². The van der Waals surface area contributed by atoms with Crippen LogP contribution in [0, 0.1) is 0 Å². The van der Waals surface area contributed by atoms with Crippen LogP contribution in [0.15, 0.2) is 0 Å². The zero-order valence-electron chi connectivity index (χ0n) is 9.41. The second-order valence-electron chi connectivity index (χ2n) is 4.36. The minimum Gasteiger partial charge on any atom is -0.301 e. The van der Waals surface area contributed by atoms with Crippen LogP contribution in [0.25, 0.3) is 0 Å². The monoisotopic (exact) mass is 325 g/mol. The highest BCUT2D eigenvalue weighted by atomic mass is 31.3. The van der Waals surface area contributed by atoms with Gasteiger partial charge in [0.15, 0.2) is 0 Å². The van der Waals surface area contributed by atoms with Crippen molar-refractivity contribution < 1.29 is 25.7 Å². The van der Waals surface area contributed by atoms with Crippen molar-refractivity contribution in [1.29, 1.82) is 0 Å². The summed E-state index contributed by atoms with van der Waals surface area (Å²) in [6, 6.07) is 0. The largest absolute Gasteiger partial charge is 0.391 e. The van der Waals surface area contributed by atoms with Gasteiger partial charge in [0.2, 0.25) is 5.54 Å². The average Bonchev–Trinajstić information content (AvgIpc) is 2.23. The summed E-state index contributed by atoms with van der Waals surface area (Å²) in [5, 5.41) is -0.990. The van der Waals surface area contributed by atoms with Crippen LogP contribution >= 0.6 is 22.9 Å². The molecule has 1 aliphatic heterocycles. The molecule has 0 aromatic carbocycles. The molecule has 1 saturated carbocycles. The Kier molecular flexibility index (Phi) is 4.44. The van der Waals surface area contributed by atoms with Crippen molar-refractivity contribution in [2.75, 3.05) is 0 Å². The summed E-state index contributed by atoms with van der Waals surface area (Å²) in [4.78, 5) is 0. The van der Waals surface area contributed by atoms with Crippen molar-refractivity contribution in [3.8, 4) is 0 Å². The molecule has 0 aromatic rings. The van der Waals surface area contributed by atoms with Crippen LogP contribution in [-0.2, 0) is 4.74 Å². The lowest BCUT2D eigenvalue weighted by atomic mass is 9.98. The Balaban J connectivity index is 2.28. The van der Waals surface area contributed by atoms with Gasteiger partial charge >= 0.3 is 20.6 Å². The fraction of sp³-hybridized carbons (Fsp3) is 0.667. The molecule has 104 valence electrons. The van der Waals surface area contributed by atoms with Crippen LogP contribution < -0.4 is 0 Å². The Hall–Kier alpha value is 0.380. The molecule has 1 nitrogen and oxygen atoms in total. The van der Waals surface area contributed by atoms with Crippen LogP contribution in [0.3, 0.4) is 0 Å². The van der Waals surface area contributed by atoms with E-state index in [1.54, 1.807) is 0 Å². The zero-order chi connectivity index (χ0) is 13.4. The predicted octanol–water partition coefficient (Wildman–Crippen LogP) is 5.90. The smallest absolute Gasteiger partial charge is 0.301 e. The minimum absolute atomic E-state index is 0.151. The van der Waals surface area contributed by atoms with Crippen LogP contribution in [0.4, 0.5) is 21.0 Å². The van der Waals surface area contributed by atoms with Gasteiger partial charge in [0.1, 0.15) is 0 Å². The Morgan fingerprint density at radius 3 is 2.28 bits per heavy atom. The van der Waals surface area contributed by atoms with E-state index in [9.17, 15) is 21.0 Å². The van der Waals surface area contributed by atoms with Gasteiger partial charge in [-0.15, -0.1) is 0 Å². The van der Waals surface area contributed by atoms with E-state index in [2.05, 4.69) is 0 Å². The highest BCUT2D eigenvalue weighted by Crippen LogP contribution is 2.69. The van der Waals surface area contributed by atoms with Crippen molar-refractivity contribution in [3.05, 3.63) is 0 Å². The quantitative estimate of drug-likeness (QED) is 0.454. The first kappa shape index (κ1) is 14.8. The topological polar surface area (TPSA) is 9.23 Å². The SMILES string of the molecule is F[P+]1=CP(F)(F)=CP(F)(F)=C1OC1CCCCC1. The molecule has 0 N–H and O–H groups in total. The van der Waals surface area contributed by atoms with Gasteiger partial charge in [-0.3, -0.25) is 0 Å². The van der Waals surface area contributed by atoms with Crippen molar-refractivity contribution in [3.63, 3.8) is 0 Å². The molecule has 2 rings (SSSR count). The highest BCUT2D eigenvalue weighted by molar-refractivity contribution is 8.12. The van der Waals surface area contributed by atoms with E-state index in [1.807, 2.05) is 0 Å². The average molecular weight is 325 g/mol. The van der Waals surface area contributed by atoms with E-state index < -0.39 is 34.2 Å². The van der Waals surface area contributed by atoms with Crippen molar-refractivity contribution in [1.82, 2.24) is 0 Å². The van der Waals surface area contributed by atoms with Gasteiger partial charge < -0.3 is 4.74 Å². The summed E-state index contributed by atoms with van der Waals surface area (Å²) in [6.45, 7) is 0. The van der Waals surface area contributed by atoms with Crippen LogP contribution in [0.5, 0.6) is 0 Å². The molecule has 1 atom stereocenters. The molecule has 1 unspecified atom stereocenters. The molecule has 0 aromatic heterocycles. The fourth-order valence-electron chi connectivity index (χ4n) is 2.04. The van der Waals surface area contributed by atoms with E-state index in [0.717, 1.165) is 19.3 Å². The number of hydrogen-bond acceptors (Lipinski definition) is 1. The molecule has 0 radical (unpaired) electrons. The van der Waals surface area contributed by atoms with E-state index in [-0.39, 0.29) is 11.1 Å². The maximum atomic E-state index is 13.6. The molecule has 0 saturated heterocycles. The van der Waals surface area contributed by atoms with Crippen molar-refractivity contribution in [2.45, 2.75) is 38.2 Å². The first-order valence-electron chi connectivity index (χ1n) is 5.58. The molecule has 1 heterocycles. The second-order valence-corrected chi connectivity index (χ2v) is 10.3. The van der Waals surface area contributed by atoms with Gasteiger partial charge in [-0.1, -0.05) is 19.3 Å². The summed E-state index contributed by atoms with van der Waals surface area (Å²) in [5.41, 5.74) is -0.0749. The summed E-state index contributed by atoms with van der Waals surface area (Å²) >= 11 is 0. The van der Waals surface area contributed by atoms with E-state index in [4.69, 9.17) is 4.74 Å². The Labute approximate surface area is 104 Å². The summed E-state index contributed by atoms with van der Waals surface area (Å²) < 4.78 is 71.6. The normalized spacial score (nSPS) is 29.6. The van der Waals surface area contributed by atoms with E-state index in [0.29, 0.717) is 12.8 Å². The summed E-state index contributed by atoms with van der Waals surface area (Å²) in [5.74, 6) is 0. The third-order valence-electron chi connectivity index (χ3n) is 2.82. The third-order valence-corrected chi connectivity index (χ3v) is 9.71. The molecule has 1 aliphatic carbocycles. The Bertz CT molecular complexity index is 469. The maximum Gasteiger partial charge on any atom is 0.391 e. The van der Waals surface area contributed by atoms with Gasteiger partial charge in [0.25, 0.3) is 7.51 Å². The van der Waals surface area contributed by atoms with Crippen LogP contribution in [0.1, 0.15) is 32.1 Å². The molecule has 0 spiro atoms. The summed E-state index contributed by atoms with van der Waals surface area (Å²) in [6.07, 6.45) is 3.46. The lowest BCUT2D eigenvalue weighted by molar-refractivity contribution is 0.151.